The molecule has 2 rings (SSSR count). The molecule has 26 heavy (non-hydrogen) atoms. The number of guanidine groups is 1. The van der Waals surface area contributed by atoms with Crippen molar-refractivity contribution < 1.29 is 19.9 Å². The quantitative estimate of drug-likeness (QED) is 0.157. The number of fused-ring (bicyclic) bond motifs is 1. The molecule has 140 valence electrons. The van der Waals surface area contributed by atoms with E-state index in [2.05, 4.69) is 9.98 Å². The summed E-state index contributed by atoms with van der Waals surface area (Å²) in [5, 5.41) is 28.7. The summed E-state index contributed by atoms with van der Waals surface area (Å²) in [7, 11) is 0. The molecule has 0 saturated carbocycles. The van der Waals surface area contributed by atoms with Gasteiger partial charge < -0.3 is 27.4 Å². The van der Waals surface area contributed by atoms with Crippen LogP contribution >= 0.6 is 0 Å². The van der Waals surface area contributed by atoms with Crippen LogP contribution in [0.3, 0.4) is 0 Å². The molecule has 0 saturated heterocycles. The number of benzene rings is 1. The van der Waals surface area contributed by atoms with E-state index in [-0.39, 0.29) is 22.9 Å². The van der Waals surface area contributed by atoms with Gasteiger partial charge in [0.05, 0.1) is 10.3 Å². The van der Waals surface area contributed by atoms with Crippen molar-refractivity contribution in [2.75, 3.05) is 6.54 Å². The van der Waals surface area contributed by atoms with E-state index in [4.69, 9.17) is 22.3 Å². The van der Waals surface area contributed by atoms with Crippen molar-refractivity contribution in [3.05, 3.63) is 40.6 Å². The zero-order chi connectivity index (χ0) is 19.7. The SMILES string of the molecule is NC(N)=NCCCC(N)C(=O)O.O=[N+]([O-])c1ccc(O)c2ncccc12. The molecule has 0 bridgehead atoms. The zero-order valence-corrected chi connectivity index (χ0v) is 13.8. The minimum atomic E-state index is -1.00. The molecule has 0 aliphatic heterocycles. The first kappa shape index (κ1) is 20.6. The van der Waals surface area contributed by atoms with Crippen LogP contribution in [0.4, 0.5) is 5.69 Å². The molecule has 1 heterocycles. The molecule has 0 aliphatic rings. The number of carboxylic acids is 1. The number of carboxylic acid groups (broad SMARTS) is 1. The van der Waals surface area contributed by atoms with Crippen LogP contribution < -0.4 is 17.2 Å². The summed E-state index contributed by atoms with van der Waals surface area (Å²) in [4.78, 5) is 27.9. The lowest BCUT2D eigenvalue weighted by atomic mass is 10.2. The van der Waals surface area contributed by atoms with Gasteiger partial charge in [0.2, 0.25) is 0 Å². The molecule has 2 aromatic rings. The van der Waals surface area contributed by atoms with Crippen LogP contribution in [0, 0.1) is 10.1 Å². The molecule has 1 aromatic heterocycles. The molecule has 1 atom stereocenters. The van der Waals surface area contributed by atoms with Crippen LogP contribution in [0.5, 0.6) is 5.75 Å². The maximum atomic E-state index is 10.6. The number of phenols is 1. The van der Waals surface area contributed by atoms with E-state index >= 15 is 0 Å². The van der Waals surface area contributed by atoms with E-state index in [9.17, 15) is 20.0 Å². The predicted molar refractivity (Wildman–Crippen MR) is 95.6 cm³/mol. The Bertz CT molecular complexity index is 806. The maximum absolute atomic E-state index is 10.6. The van der Waals surface area contributed by atoms with Crippen molar-refractivity contribution in [2.45, 2.75) is 18.9 Å². The Morgan fingerprint density at radius 3 is 2.62 bits per heavy atom. The highest BCUT2D eigenvalue weighted by molar-refractivity contribution is 5.91. The number of nitrogens with zero attached hydrogens (tertiary/aromatic N) is 3. The van der Waals surface area contributed by atoms with Crippen LogP contribution in [0.15, 0.2) is 35.5 Å². The molecule has 8 N–H and O–H groups in total. The molecular weight excluding hydrogens is 344 g/mol. The van der Waals surface area contributed by atoms with Crippen molar-refractivity contribution in [3.63, 3.8) is 0 Å². The molecule has 1 aromatic carbocycles. The zero-order valence-electron chi connectivity index (χ0n) is 13.8. The largest absolute Gasteiger partial charge is 0.506 e. The Morgan fingerprint density at radius 1 is 1.35 bits per heavy atom. The fourth-order valence-electron chi connectivity index (χ4n) is 1.94. The second kappa shape index (κ2) is 9.74. The number of carbonyl (C=O) groups is 1. The second-order valence-corrected chi connectivity index (χ2v) is 5.15. The van der Waals surface area contributed by atoms with Gasteiger partial charge >= 0.3 is 5.97 Å². The molecule has 0 aliphatic carbocycles. The maximum Gasteiger partial charge on any atom is 0.320 e. The fraction of sp³-hybridized carbons (Fsp3) is 0.267. The standard InChI is InChI=1S/C9H6N2O3.C6H14N4O2/c12-8-4-3-7(11(13)14)6-2-1-5-10-9(6)8;7-4(5(11)12)2-1-3-10-6(8)9/h1-5,12H;4H,1-3,7H2,(H,11,12)(H4,8,9,10). The number of aromatic nitrogens is 1. The number of rotatable bonds is 6. The summed E-state index contributed by atoms with van der Waals surface area (Å²) in [6, 6.07) is 4.86. The average molecular weight is 364 g/mol. The molecule has 1 unspecified atom stereocenters. The van der Waals surface area contributed by atoms with Gasteiger partial charge in [-0.1, -0.05) is 0 Å². The summed E-state index contributed by atoms with van der Waals surface area (Å²) >= 11 is 0. The lowest BCUT2D eigenvalue weighted by Gasteiger charge is -2.03. The summed E-state index contributed by atoms with van der Waals surface area (Å²) in [5.74, 6) is -1.04. The first-order valence-corrected chi connectivity index (χ1v) is 7.49. The first-order chi connectivity index (χ1) is 12.2. The number of non-ortho nitro benzene ring substituents is 1. The fourth-order valence-corrected chi connectivity index (χ4v) is 1.94. The van der Waals surface area contributed by atoms with E-state index in [1.165, 1.54) is 18.3 Å². The third kappa shape index (κ3) is 6.20. The lowest BCUT2D eigenvalue weighted by molar-refractivity contribution is -0.383. The minimum absolute atomic E-state index is 0.0129. The van der Waals surface area contributed by atoms with Crippen LogP contribution in [-0.2, 0) is 4.79 Å². The number of aromatic hydroxyl groups is 1. The monoisotopic (exact) mass is 364 g/mol. The van der Waals surface area contributed by atoms with E-state index in [1.54, 1.807) is 12.1 Å². The predicted octanol–water partition coefficient (Wildman–Crippen LogP) is 0.301. The van der Waals surface area contributed by atoms with Crippen molar-refractivity contribution >= 4 is 28.5 Å². The molecule has 0 amide bonds. The number of hydrogen-bond acceptors (Lipinski definition) is 7. The third-order valence-corrected chi connectivity index (χ3v) is 3.21. The highest BCUT2D eigenvalue weighted by Crippen LogP contribution is 2.29. The number of aliphatic carboxylic acids is 1. The van der Waals surface area contributed by atoms with Gasteiger partial charge in [-0.3, -0.25) is 24.9 Å². The van der Waals surface area contributed by atoms with Crippen LogP contribution in [0.1, 0.15) is 12.8 Å². The number of nitro benzene ring substituents is 1. The Hall–Kier alpha value is -3.47. The summed E-state index contributed by atoms with van der Waals surface area (Å²) in [6.45, 7) is 0.420. The molecule has 0 spiro atoms. The van der Waals surface area contributed by atoms with Gasteiger partial charge in [-0.2, -0.15) is 0 Å². The molecular formula is C15H20N6O5. The topological polar surface area (TPSA) is 204 Å². The van der Waals surface area contributed by atoms with Gasteiger partial charge in [-0.05, 0) is 31.0 Å². The Balaban J connectivity index is 0.000000265. The lowest BCUT2D eigenvalue weighted by Crippen LogP contribution is -2.30. The number of nitro groups is 1. The van der Waals surface area contributed by atoms with Crippen LogP contribution in [-0.4, -0.2) is 44.6 Å². The first-order valence-electron chi connectivity index (χ1n) is 7.49. The van der Waals surface area contributed by atoms with Crippen LogP contribution in [0.25, 0.3) is 10.9 Å². The van der Waals surface area contributed by atoms with Gasteiger partial charge in [0.25, 0.3) is 5.69 Å². The van der Waals surface area contributed by atoms with Crippen molar-refractivity contribution in [1.29, 1.82) is 0 Å². The highest BCUT2D eigenvalue weighted by Gasteiger charge is 2.13. The Kier molecular flexibility index (Phi) is 7.70. The molecule has 0 fully saturated rings. The minimum Gasteiger partial charge on any atom is -0.506 e. The third-order valence-electron chi connectivity index (χ3n) is 3.21. The van der Waals surface area contributed by atoms with Crippen LogP contribution in [0.2, 0.25) is 0 Å². The summed E-state index contributed by atoms with van der Waals surface area (Å²) < 4.78 is 0. The average Bonchev–Trinajstić information content (AvgIpc) is 2.59. The van der Waals surface area contributed by atoms with Crippen molar-refractivity contribution in [3.8, 4) is 5.75 Å². The molecule has 11 nitrogen and oxygen atoms in total. The van der Waals surface area contributed by atoms with Crippen molar-refractivity contribution in [2.24, 2.45) is 22.2 Å². The van der Waals surface area contributed by atoms with E-state index < -0.39 is 16.9 Å². The van der Waals surface area contributed by atoms with E-state index in [0.717, 1.165) is 0 Å². The number of hydrogen-bond donors (Lipinski definition) is 5. The van der Waals surface area contributed by atoms with Gasteiger partial charge in [-0.25, -0.2) is 0 Å². The van der Waals surface area contributed by atoms with E-state index in [0.29, 0.717) is 24.8 Å². The van der Waals surface area contributed by atoms with Crippen molar-refractivity contribution in [1.82, 2.24) is 4.98 Å². The molecule has 0 radical (unpaired) electrons. The number of pyridine rings is 1. The van der Waals surface area contributed by atoms with Gasteiger partial charge in [0.15, 0.2) is 5.96 Å². The van der Waals surface area contributed by atoms with Gasteiger partial charge in [-0.15, -0.1) is 0 Å². The smallest absolute Gasteiger partial charge is 0.320 e. The normalized spacial score (nSPS) is 11.1. The number of aliphatic imine (C=N–C) groups is 1. The molecule has 11 heteroatoms. The highest BCUT2D eigenvalue weighted by atomic mass is 16.6. The summed E-state index contributed by atoms with van der Waals surface area (Å²) in [5.41, 5.74) is 15.5. The number of phenolic OH excluding ortho intramolecular Hbond substituents is 1. The number of nitrogens with two attached hydrogens (primary N) is 3. The van der Waals surface area contributed by atoms with Gasteiger partial charge in [0.1, 0.15) is 17.3 Å². The Morgan fingerprint density at radius 2 is 2.04 bits per heavy atom. The van der Waals surface area contributed by atoms with Gasteiger partial charge in [0, 0.05) is 18.8 Å². The Labute approximate surface area is 148 Å². The van der Waals surface area contributed by atoms with E-state index in [1.807, 2.05) is 0 Å². The summed E-state index contributed by atoms with van der Waals surface area (Å²) in [6.07, 6.45) is 2.43. The second-order valence-electron chi connectivity index (χ2n) is 5.15.